The smallest absolute Gasteiger partial charge is 0.253 e. The monoisotopic (exact) mass is 276 g/mol. The fourth-order valence-corrected chi connectivity index (χ4v) is 3.35. The van der Waals surface area contributed by atoms with Gasteiger partial charge in [-0.15, -0.1) is 0 Å². The maximum Gasteiger partial charge on any atom is 0.253 e. The maximum atomic E-state index is 13.3. The minimum Gasteiger partial charge on any atom is -0.337 e. The van der Waals surface area contributed by atoms with Gasteiger partial charge in [-0.2, -0.15) is 0 Å². The molecule has 0 N–H and O–H groups in total. The Morgan fingerprint density at radius 2 is 2.05 bits per heavy atom. The van der Waals surface area contributed by atoms with E-state index < -0.39 is 0 Å². The van der Waals surface area contributed by atoms with E-state index in [-0.39, 0.29) is 11.7 Å². The van der Waals surface area contributed by atoms with E-state index >= 15 is 0 Å². The quantitative estimate of drug-likeness (QED) is 0.786. The predicted molar refractivity (Wildman–Crippen MR) is 76.3 cm³/mol. The van der Waals surface area contributed by atoms with Gasteiger partial charge in [0.2, 0.25) is 0 Å². The summed E-state index contributed by atoms with van der Waals surface area (Å²) >= 11 is 0. The molecule has 1 amide bonds. The van der Waals surface area contributed by atoms with Crippen molar-refractivity contribution in [2.45, 2.75) is 32.2 Å². The molecule has 2 aliphatic rings. The van der Waals surface area contributed by atoms with Crippen molar-refractivity contribution in [3.05, 3.63) is 35.1 Å². The van der Waals surface area contributed by atoms with E-state index in [1.54, 1.807) is 19.1 Å². The summed E-state index contributed by atoms with van der Waals surface area (Å²) < 4.78 is 13.3. The third-order valence-electron chi connectivity index (χ3n) is 4.50. The van der Waals surface area contributed by atoms with Gasteiger partial charge in [0, 0.05) is 31.2 Å². The van der Waals surface area contributed by atoms with Gasteiger partial charge in [0.1, 0.15) is 5.82 Å². The lowest BCUT2D eigenvalue weighted by Crippen LogP contribution is -2.39. The van der Waals surface area contributed by atoms with Gasteiger partial charge in [-0.05, 0) is 56.5 Å². The highest BCUT2D eigenvalue weighted by molar-refractivity contribution is 5.94. The first kappa shape index (κ1) is 13.6. The van der Waals surface area contributed by atoms with Crippen molar-refractivity contribution in [2.75, 3.05) is 26.2 Å². The molecule has 0 aliphatic carbocycles. The Morgan fingerprint density at radius 3 is 2.85 bits per heavy atom. The molecule has 1 aromatic carbocycles. The predicted octanol–water partition coefficient (Wildman–Crippen LogP) is 2.44. The normalized spacial score (nSPS) is 23.5. The van der Waals surface area contributed by atoms with Gasteiger partial charge < -0.3 is 4.90 Å². The minimum atomic E-state index is -0.251. The molecular formula is C16H21FN2O. The SMILES string of the molecule is Cc1cc(C(=O)N2CCCN3CCCC3C2)ccc1F. The van der Waals surface area contributed by atoms with Gasteiger partial charge in [0.15, 0.2) is 0 Å². The molecule has 108 valence electrons. The topological polar surface area (TPSA) is 23.6 Å². The third-order valence-corrected chi connectivity index (χ3v) is 4.50. The van der Waals surface area contributed by atoms with Crippen molar-refractivity contribution >= 4 is 5.91 Å². The maximum absolute atomic E-state index is 13.3. The first-order valence-electron chi connectivity index (χ1n) is 7.44. The van der Waals surface area contributed by atoms with Gasteiger partial charge >= 0.3 is 0 Å². The summed E-state index contributed by atoms with van der Waals surface area (Å²) in [6, 6.07) is 5.17. The van der Waals surface area contributed by atoms with E-state index in [1.165, 1.54) is 25.5 Å². The van der Waals surface area contributed by atoms with Crippen LogP contribution in [0, 0.1) is 12.7 Å². The highest BCUT2D eigenvalue weighted by atomic mass is 19.1. The fraction of sp³-hybridized carbons (Fsp3) is 0.562. The molecule has 4 heteroatoms. The zero-order valence-corrected chi connectivity index (χ0v) is 11.9. The van der Waals surface area contributed by atoms with Crippen LogP contribution in [0.15, 0.2) is 18.2 Å². The number of fused-ring (bicyclic) bond motifs is 1. The molecule has 0 radical (unpaired) electrons. The van der Waals surface area contributed by atoms with Crippen molar-refractivity contribution in [3.63, 3.8) is 0 Å². The molecule has 2 saturated heterocycles. The number of amides is 1. The van der Waals surface area contributed by atoms with Crippen LogP contribution in [0.3, 0.4) is 0 Å². The van der Waals surface area contributed by atoms with Gasteiger partial charge in [-0.25, -0.2) is 4.39 Å². The zero-order chi connectivity index (χ0) is 14.1. The molecule has 2 heterocycles. The molecule has 0 saturated carbocycles. The van der Waals surface area contributed by atoms with Crippen LogP contribution in [-0.2, 0) is 0 Å². The number of carbonyl (C=O) groups is 1. The number of nitrogens with zero attached hydrogens (tertiary/aromatic N) is 2. The number of rotatable bonds is 1. The lowest BCUT2D eigenvalue weighted by Gasteiger charge is -2.25. The number of aryl methyl sites for hydroxylation is 1. The molecule has 0 bridgehead atoms. The number of hydrogen-bond donors (Lipinski definition) is 0. The lowest BCUT2D eigenvalue weighted by molar-refractivity contribution is 0.0743. The minimum absolute atomic E-state index is 0.0434. The van der Waals surface area contributed by atoms with Crippen molar-refractivity contribution < 1.29 is 9.18 Å². The molecule has 1 atom stereocenters. The van der Waals surface area contributed by atoms with Gasteiger partial charge in [0.05, 0.1) is 0 Å². The lowest BCUT2D eigenvalue weighted by atomic mass is 10.1. The van der Waals surface area contributed by atoms with Crippen molar-refractivity contribution in [1.82, 2.24) is 9.80 Å². The van der Waals surface area contributed by atoms with Crippen LogP contribution in [0.2, 0.25) is 0 Å². The van der Waals surface area contributed by atoms with E-state index in [4.69, 9.17) is 0 Å². The molecule has 3 rings (SSSR count). The standard InChI is InChI=1S/C16H21FN2O/c1-12-10-13(5-6-15(12)17)16(20)19-9-3-8-18-7-2-4-14(18)11-19/h5-6,10,14H,2-4,7-9,11H2,1H3. The molecule has 1 unspecified atom stereocenters. The summed E-state index contributed by atoms with van der Waals surface area (Å²) in [6.45, 7) is 5.59. The van der Waals surface area contributed by atoms with Gasteiger partial charge in [-0.1, -0.05) is 0 Å². The summed E-state index contributed by atoms with van der Waals surface area (Å²) in [5, 5.41) is 0. The summed E-state index contributed by atoms with van der Waals surface area (Å²) in [7, 11) is 0. The first-order chi connectivity index (χ1) is 9.65. The van der Waals surface area contributed by atoms with Crippen LogP contribution in [0.4, 0.5) is 4.39 Å². The first-order valence-corrected chi connectivity index (χ1v) is 7.44. The summed E-state index contributed by atoms with van der Waals surface area (Å²) in [6.07, 6.45) is 3.46. The number of hydrogen-bond acceptors (Lipinski definition) is 2. The van der Waals surface area contributed by atoms with E-state index in [2.05, 4.69) is 4.90 Å². The Morgan fingerprint density at radius 1 is 1.25 bits per heavy atom. The van der Waals surface area contributed by atoms with Crippen molar-refractivity contribution in [1.29, 1.82) is 0 Å². The van der Waals surface area contributed by atoms with Crippen LogP contribution < -0.4 is 0 Å². The summed E-state index contributed by atoms with van der Waals surface area (Å²) in [4.78, 5) is 17.0. The number of benzene rings is 1. The molecular weight excluding hydrogens is 255 g/mol. The zero-order valence-electron chi connectivity index (χ0n) is 11.9. The number of halogens is 1. The second-order valence-corrected chi connectivity index (χ2v) is 5.90. The van der Waals surface area contributed by atoms with Crippen LogP contribution in [0.5, 0.6) is 0 Å². The van der Waals surface area contributed by atoms with Crippen molar-refractivity contribution in [2.24, 2.45) is 0 Å². The average molecular weight is 276 g/mol. The Kier molecular flexibility index (Phi) is 3.74. The van der Waals surface area contributed by atoms with Crippen molar-refractivity contribution in [3.8, 4) is 0 Å². The summed E-state index contributed by atoms with van der Waals surface area (Å²) in [5.41, 5.74) is 1.14. The van der Waals surface area contributed by atoms with E-state index in [0.29, 0.717) is 17.2 Å². The van der Waals surface area contributed by atoms with Gasteiger partial charge in [-0.3, -0.25) is 9.69 Å². The Hall–Kier alpha value is -1.42. The Balaban J connectivity index is 1.77. The Bertz CT molecular complexity index is 517. The van der Waals surface area contributed by atoms with E-state index in [9.17, 15) is 9.18 Å². The molecule has 20 heavy (non-hydrogen) atoms. The second kappa shape index (κ2) is 5.52. The Labute approximate surface area is 119 Å². The second-order valence-electron chi connectivity index (χ2n) is 5.90. The summed E-state index contributed by atoms with van der Waals surface area (Å²) in [5.74, 6) is -0.207. The molecule has 2 aliphatic heterocycles. The highest BCUT2D eigenvalue weighted by Crippen LogP contribution is 2.22. The van der Waals surface area contributed by atoms with Crippen LogP contribution in [0.1, 0.15) is 35.2 Å². The molecule has 3 nitrogen and oxygen atoms in total. The third kappa shape index (κ3) is 2.57. The van der Waals surface area contributed by atoms with Crippen LogP contribution in [0.25, 0.3) is 0 Å². The largest absolute Gasteiger partial charge is 0.337 e. The van der Waals surface area contributed by atoms with Crippen LogP contribution in [-0.4, -0.2) is 47.9 Å². The van der Waals surface area contributed by atoms with Crippen LogP contribution >= 0.6 is 0 Å². The average Bonchev–Trinajstić information content (AvgIpc) is 2.78. The fourth-order valence-electron chi connectivity index (χ4n) is 3.35. The van der Waals surface area contributed by atoms with E-state index in [1.807, 2.05) is 4.90 Å². The highest BCUT2D eigenvalue weighted by Gasteiger charge is 2.30. The van der Waals surface area contributed by atoms with E-state index in [0.717, 1.165) is 26.1 Å². The molecule has 2 fully saturated rings. The molecule has 1 aromatic rings. The number of carbonyl (C=O) groups excluding carboxylic acids is 1. The molecule has 0 spiro atoms. The van der Waals surface area contributed by atoms with Gasteiger partial charge in [0.25, 0.3) is 5.91 Å². The molecule has 0 aromatic heterocycles.